The highest BCUT2D eigenvalue weighted by molar-refractivity contribution is 6.20. The second-order valence-electron chi connectivity index (χ2n) is 3.19. The molecular weight excluding hydrogens is 200 g/mol. The topological polar surface area (TPSA) is 26.3 Å². The number of alkyl halides is 1. The van der Waals surface area contributed by atoms with Gasteiger partial charge in [0.15, 0.2) is 0 Å². The molecule has 0 spiro atoms. The van der Waals surface area contributed by atoms with Crippen molar-refractivity contribution in [1.82, 2.24) is 0 Å². The summed E-state index contributed by atoms with van der Waals surface area (Å²) in [6.45, 7) is 3.90. The lowest BCUT2D eigenvalue weighted by Crippen LogP contribution is -2.12. The molecule has 76 valence electrons. The number of hydrogen-bond donors (Lipinski definition) is 0. The van der Waals surface area contributed by atoms with Crippen LogP contribution in [0.15, 0.2) is 24.3 Å². The molecule has 0 heterocycles. The molecule has 3 heteroatoms. The molecule has 1 rings (SSSR count). The van der Waals surface area contributed by atoms with Crippen molar-refractivity contribution >= 4 is 17.6 Å². The van der Waals surface area contributed by atoms with Crippen LogP contribution in [0.5, 0.6) is 0 Å². The number of benzene rings is 1. The summed E-state index contributed by atoms with van der Waals surface area (Å²) in [5.41, 5.74) is 1.52. The zero-order valence-corrected chi connectivity index (χ0v) is 9.04. The van der Waals surface area contributed by atoms with Gasteiger partial charge in [-0.05, 0) is 25.5 Å². The fourth-order valence-electron chi connectivity index (χ4n) is 1.07. The molecule has 0 aromatic heterocycles. The Hall–Kier alpha value is -1.02. The average molecular weight is 213 g/mol. The van der Waals surface area contributed by atoms with E-state index in [2.05, 4.69) is 0 Å². The van der Waals surface area contributed by atoms with Gasteiger partial charge in [-0.1, -0.05) is 18.2 Å². The van der Waals surface area contributed by atoms with Gasteiger partial charge in [-0.15, -0.1) is 11.6 Å². The summed E-state index contributed by atoms with van der Waals surface area (Å²) >= 11 is 5.67. The normalized spacial score (nSPS) is 12.2. The van der Waals surface area contributed by atoms with Crippen LogP contribution in [0.25, 0.3) is 0 Å². The number of ether oxygens (including phenoxy) is 1. The van der Waals surface area contributed by atoms with Gasteiger partial charge in [0.25, 0.3) is 0 Å². The van der Waals surface area contributed by atoms with Gasteiger partial charge < -0.3 is 4.74 Å². The van der Waals surface area contributed by atoms with E-state index < -0.39 is 0 Å². The number of hydrogen-bond acceptors (Lipinski definition) is 2. The van der Waals surface area contributed by atoms with E-state index in [9.17, 15) is 4.79 Å². The summed E-state index contributed by atoms with van der Waals surface area (Å²) in [6.07, 6.45) is 0. The summed E-state index contributed by atoms with van der Waals surface area (Å²) < 4.78 is 5.00. The zero-order valence-electron chi connectivity index (χ0n) is 8.29. The van der Waals surface area contributed by atoms with Crippen LogP contribution in [0.1, 0.15) is 22.8 Å². The van der Waals surface area contributed by atoms with Crippen molar-refractivity contribution in [2.75, 3.05) is 6.61 Å². The van der Waals surface area contributed by atoms with Crippen LogP contribution in [0, 0.1) is 6.92 Å². The molecular formula is C11H13ClO2. The molecule has 0 bridgehead atoms. The van der Waals surface area contributed by atoms with E-state index in [-0.39, 0.29) is 18.0 Å². The summed E-state index contributed by atoms with van der Waals surface area (Å²) in [5.74, 6) is -0.310. The number of halogens is 1. The van der Waals surface area contributed by atoms with Crippen LogP contribution in [0.4, 0.5) is 0 Å². The first-order valence-corrected chi connectivity index (χ1v) is 4.91. The smallest absolute Gasteiger partial charge is 0.338 e. The molecule has 1 aromatic rings. The zero-order chi connectivity index (χ0) is 10.6. The van der Waals surface area contributed by atoms with Crippen molar-refractivity contribution < 1.29 is 9.53 Å². The molecule has 0 saturated carbocycles. The molecule has 0 saturated heterocycles. The van der Waals surface area contributed by atoms with E-state index in [1.54, 1.807) is 13.0 Å². The van der Waals surface area contributed by atoms with E-state index in [0.717, 1.165) is 5.56 Å². The first kappa shape index (κ1) is 11.1. The Balaban J connectivity index is 2.65. The van der Waals surface area contributed by atoms with Crippen molar-refractivity contribution in [3.63, 3.8) is 0 Å². The monoisotopic (exact) mass is 212 g/mol. The summed E-state index contributed by atoms with van der Waals surface area (Å²) in [4.78, 5) is 11.5. The van der Waals surface area contributed by atoms with Crippen LogP contribution in [-0.2, 0) is 4.74 Å². The highest BCUT2D eigenvalue weighted by Crippen LogP contribution is 2.09. The first-order valence-electron chi connectivity index (χ1n) is 4.48. The van der Waals surface area contributed by atoms with Crippen molar-refractivity contribution in [1.29, 1.82) is 0 Å². The van der Waals surface area contributed by atoms with Crippen molar-refractivity contribution in [2.24, 2.45) is 0 Å². The summed E-state index contributed by atoms with van der Waals surface area (Å²) in [7, 11) is 0. The van der Waals surface area contributed by atoms with Gasteiger partial charge in [0.2, 0.25) is 0 Å². The standard InChI is InChI=1S/C11H13ClO2/c1-8-5-3-4-6-10(8)11(13)14-7-9(2)12/h3-6,9H,7H2,1-2H3. The third kappa shape index (κ3) is 3.04. The quantitative estimate of drug-likeness (QED) is 0.569. The fourth-order valence-corrected chi connectivity index (χ4v) is 1.13. The van der Waals surface area contributed by atoms with E-state index in [1.165, 1.54) is 0 Å². The van der Waals surface area contributed by atoms with Gasteiger partial charge in [0, 0.05) is 0 Å². The second kappa shape index (κ2) is 5.01. The SMILES string of the molecule is Cc1ccccc1C(=O)OCC(C)Cl. The maximum atomic E-state index is 11.5. The molecule has 2 nitrogen and oxygen atoms in total. The van der Waals surface area contributed by atoms with Gasteiger partial charge in [0.05, 0.1) is 10.9 Å². The minimum absolute atomic E-state index is 0.150. The highest BCUT2D eigenvalue weighted by Gasteiger charge is 2.10. The Labute approximate surface area is 88.8 Å². The Morgan fingerprint density at radius 3 is 2.71 bits per heavy atom. The molecule has 1 unspecified atom stereocenters. The molecule has 0 amide bonds. The molecule has 0 radical (unpaired) electrons. The van der Waals surface area contributed by atoms with E-state index in [4.69, 9.17) is 16.3 Å². The Bertz CT molecular complexity index is 321. The molecule has 0 N–H and O–H groups in total. The number of rotatable bonds is 3. The van der Waals surface area contributed by atoms with Crippen LogP contribution in [-0.4, -0.2) is 18.0 Å². The molecule has 0 aliphatic rings. The predicted molar refractivity (Wildman–Crippen MR) is 56.8 cm³/mol. The molecule has 0 aliphatic carbocycles. The second-order valence-corrected chi connectivity index (χ2v) is 3.94. The van der Waals surface area contributed by atoms with Crippen LogP contribution >= 0.6 is 11.6 Å². The minimum atomic E-state index is -0.310. The van der Waals surface area contributed by atoms with Crippen LogP contribution < -0.4 is 0 Å². The van der Waals surface area contributed by atoms with E-state index >= 15 is 0 Å². The lowest BCUT2D eigenvalue weighted by Gasteiger charge is -2.07. The van der Waals surface area contributed by atoms with E-state index in [0.29, 0.717) is 5.56 Å². The molecule has 0 aliphatic heterocycles. The number of carbonyl (C=O) groups excluding carboxylic acids is 1. The Kier molecular flexibility index (Phi) is 3.96. The van der Waals surface area contributed by atoms with Gasteiger partial charge in [-0.2, -0.15) is 0 Å². The van der Waals surface area contributed by atoms with Crippen molar-refractivity contribution in [3.8, 4) is 0 Å². The third-order valence-corrected chi connectivity index (χ3v) is 1.94. The number of aryl methyl sites for hydroxylation is 1. The van der Waals surface area contributed by atoms with Gasteiger partial charge in [-0.3, -0.25) is 0 Å². The Morgan fingerprint density at radius 1 is 1.50 bits per heavy atom. The summed E-state index contributed by atoms with van der Waals surface area (Å²) in [5, 5.41) is -0.150. The van der Waals surface area contributed by atoms with Crippen molar-refractivity contribution in [3.05, 3.63) is 35.4 Å². The maximum absolute atomic E-state index is 11.5. The molecule has 1 atom stereocenters. The fraction of sp³-hybridized carbons (Fsp3) is 0.364. The molecule has 1 aromatic carbocycles. The number of esters is 1. The van der Waals surface area contributed by atoms with Crippen LogP contribution in [0.2, 0.25) is 0 Å². The maximum Gasteiger partial charge on any atom is 0.338 e. The van der Waals surface area contributed by atoms with Gasteiger partial charge in [0.1, 0.15) is 6.61 Å². The average Bonchev–Trinajstić information content (AvgIpc) is 2.15. The third-order valence-electron chi connectivity index (χ3n) is 1.81. The largest absolute Gasteiger partial charge is 0.461 e. The molecule has 0 fully saturated rings. The summed E-state index contributed by atoms with van der Waals surface area (Å²) in [6, 6.07) is 7.32. The Morgan fingerprint density at radius 2 is 2.14 bits per heavy atom. The minimum Gasteiger partial charge on any atom is -0.461 e. The first-order chi connectivity index (χ1) is 6.61. The van der Waals surface area contributed by atoms with Crippen LogP contribution in [0.3, 0.4) is 0 Å². The van der Waals surface area contributed by atoms with Crippen molar-refractivity contribution in [2.45, 2.75) is 19.2 Å². The van der Waals surface area contributed by atoms with Gasteiger partial charge in [-0.25, -0.2) is 4.79 Å². The van der Waals surface area contributed by atoms with E-state index in [1.807, 2.05) is 25.1 Å². The predicted octanol–water partition coefficient (Wildman–Crippen LogP) is 2.78. The lowest BCUT2D eigenvalue weighted by atomic mass is 10.1. The lowest BCUT2D eigenvalue weighted by molar-refractivity contribution is 0.0507. The highest BCUT2D eigenvalue weighted by atomic mass is 35.5. The molecule has 14 heavy (non-hydrogen) atoms. The van der Waals surface area contributed by atoms with Gasteiger partial charge >= 0.3 is 5.97 Å². The number of carbonyl (C=O) groups is 1.